The van der Waals surface area contributed by atoms with Crippen LogP contribution in [0.2, 0.25) is 5.02 Å². The first kappa shape index (κ1) is 20.3. The van der Waals surface area contributed by atoms with E-state index in [1.54, 1.807) is 18.2 Å². The molecule has 0 fully saturated rings. The maximum atomic E-state index is 12.1. The van der Waals surface area contributed by atoms with Crippen molar-refractivity contribution in [2.75, 3.05) is 5.32 Å². The number of carbonyl (C=O) groups is 1. The summed E-state index contributed by atoms with van der Waals surface area (Å²) < 4.78 is 5.83. The molecule has 3 N–H and O–H groups in total. The molecule has 0 aliphatic rings. The lowest BCUT2D eigenvalue weighted by atomic mass is 10.2. The molecule has 6 heteroatoms. The van der Waals surface area contributed by atoms with Gasteiger partial charge in [0.15, 0.2) is 5.58 Å². The Morgan fingerprint density at radius 2 is 1.76 bits per heavy atom. The lowest BCUT2D eigenvalue weighted by Gasteiger charge is -2.03. The molecule has 4 rings (SSSR count). The van der Waals surface area contributed by atoms with Gasteiger partial charge in [-0.3, -0.25) is 4.79 Å². The summed E-state index contributed by atoms with van der Waals surface area (Å²) in [6.07, 6.45) is 3.22. The minimum atomic E-state index is -0.208. The molecule has 3 aromatic carbocycles. The molecule has 1 heterocycles. The third-order valence-corrected chi connectivity index (χ3v) is 4.49. The number of aryl methyl sites for hydroxylation is 1. The van der Waals surface area contributed by atoms with E-state index in [1.165, 1.54) is 6.08 Å². The van der Waals surface area contributed by atoms with Crippen LogP contribution < -0.4 is 5.32 Å². The van der Waals surface area contributed by atoms with Crippen molar-refractivity contribution in [3.63, 3.8) is 0 Å². The van der Waals surface area contributed by atoms with E-state index in [9.17, 15) is 4.79 Å². The van der Waals surface area contributed by atoms with E-state index in [2.05, 4.69) is 10.3 Å². The molecule has 0 bridgehead atoms. The van der Waals surface area contributed by atoms with Gasteiger partial charge in [-0.15, -0.1) is 0 Å². The van der Waals surface area contributed by atoms with Gasteiger partial charge in [0.2, 0.25) is 11.8 Å². The number of anilines is 1. The fourth-order valence-corrected chi connectivity index (χ4v) is 2.91. The van der Waals surface area contributed by atoms with Crippen LogP contribution in [-0.2, 0) is 4.79 Å². The van der Waals surface area contributed by atoms with E-state index in [0.717, 1.165) is 27.8 Å². The first-order chi connectivity index (χ1) is 13.6. The number of halogens is 1. The molecule has 1 aromatic heterocycles. The Bertz CT molecular complexity index is 1160. The lowest BCUT2D eigenvalue weighted by molar-refractivity contribution is -0.111. The molecule has 4 aromatic rings. The van der Waals surface area contributed by atoms with Crippen molar-refractivity contribution in [3.8, 4) is 11.5 Å². The fraction of sp³-hybridized carbons (Fsp3) is 0.0435. The highest BCUT2D eigenvalue weighted by molar-refractivity contribution is 6.30. The number of fused-ring (bicyclic) bond motifs is 1. The van der Waals surface area contributed by atoms with Crippen molar-refractivity contribution in [3.05, 3.63) is 89.0 Å². The number of hydrogen-bond acceptors (Lipinski definition) is 3. The molecule has 29 heavy (non-hydrogen) atoms. The standard InChI is InChI=1S/C23H17ClN2O2.H2O/c1-15-2-12-20-21(14-15)28-23(26-20)17-6-10-19(11-7-17)25-22(27)13-5-16-3-8-18(24)9-4-16;/h2-14H,1H3,(H,25,27);1H2/b13-5+;. The summed E-state index contributed by atoms with van der Waals surface area (Å²) in [7, 11) is 0. The van der Waals surface area contributed by atoms with Gasteiger partial charge in [0.1, 0.15) is 5.52 Å². The van der Waals surface area contributed by atoms with Crippen LogP contribution in [-0.4, -0.2) is 16.4 Å². The number of carbonyl (C=O) groups excluding carboxylic acids is 1. The zero-order valence-electron chi connectivity index (χ0n) is 15.6. The summed E-state index contributed by atoms with van der Waals surface area (Å²) in [5.41, 5.74) is 5.16. The maximum absolute atomic E-state index is 12.1. The molecule has 0 unspecified atom stereocenters. The van der Waals surface area contributed by atoms with Crippen LogP contribution in [0.4, 0.5) is 5.69 Å². The van der Waals surface area contributed by atoms with E-state index in [1.807, 2.05) is 61.5 Å². The molecule has 1 amide bonds. The van der Waals surface area contributed by atoms with Crippen LogP contribution in [0, 0.1) is 6.92 Å². The molecule has 0 saturated carbocycles. The second-order valence-electron chi connectivity index (χ2n) is 6.44. The predicted octanol–water partition coefficient (Wildman–Crippen LogP) is 5.28. The van der Waals surface area contributed by atoms with E-state index >= 15 is 0 Å². The predicted molar refractivity (Wildman–Crippen MR) is 117 cm³/mol. The quantitative estimate of drug-likeness (QED) is 0.467. The maximum Gasteiger partial charge on any atom is 0.248 e. The Hall–Kier alpha value is -3.41. The summed E-state index contributed by atoms with van der Waals surface area (Å²) in [6.45, 7) is 2.01. The summed E-state index contributed by atoms with van der Waals surface area (Å²) in [5.74, 6) is 0.348. The zero-order chi connectivity index (χ0) is 19.5. The Kier molecular flexibility index (Phi) is 6.12. The van der Waals surface area contributed by atoms with Gasteiger partial charge in [-0.2, -0.15) is 0 Å². The minimum Gasteiger partial charge on any atom is -0.436 e. The number of nitrogens with one attached hydrogen (secondary N) is 1. The summed E-state index contributed by atoms with van der Waals surface area (Å²) in [5, 5.41) is 3.50. The summed E-state index contributed by atoms with van der Waals surface area (Å²) in [6, 6.07) is 20.6. The molecular weight excluding hydrogens is 388 g/mol. The van der Waals surface area contributed by atoms with Gasteiger partial charge in [-0.1, -0.05) is 29.8 Å². The number of amides is 1. The van der Waals surface area contributed by atoms with Gasteiger partial charge in [-0.05, 0) is 72.7 Å². The third-order valence-electron chi connectivity index (χ3n) is 4.24. The highest BCUT2D eigenvalue weighted by atomic mass is 35.5. The molecule has 0 aliphatic heterocycles. The van der Waals surface area contributed by atoms with Gasteiger partial charge in [0.25, 0.3) is 0 Å². The van der Waals surface area contributed by atoms with Crippen molar-refractivity contribution >= 4 is 40.4 Å². The molecule has 146 valence electrons. The molecule has 5 nitrogen and oxygen atoms in total. The number of rotatable bonds is 4. The Morgan fingerprint density at radius 1 is 1.03 bits per heavy atom. The van der Waals surface area contributed by atoms with Crippen molar-refractivity contribution in [2.24, 2.45) is 0 Å². The van der Waals surface area contributed by atoms with Crippen molar-refractivity contribution < 1.29 is 14.7 Å². The highest BCUT2D eigenvalue weighted by Gasteiger charge is 2.08. The van der Waals surface area contributed by atoms with Gasteiger partial charge in [0.05, 0.1) is 0 Å². The van der Waals surface area contributed by atoms with E-state index in [0.29, 0.717) is 16.6 Å². The first-order valence-electron chi connectivity index (χ1n) is 8.79. The van der Waals surface area contributed by atoms with Crippen LogP contribution in [0.5, 0.6) is 0 Å². The van der Waals surface area contributed by atoms with Crippen LogP contribution >= 0.6 is 11.6 Å². The molecule has 0 aliphatic carbocycles. The second kappa shape index (κ2) is 8.73. The van der Waals surface area contributed by atoms with Crippen LogP contribution in [0.25, 0.3) is 28.6 Å². The first-order valence-corrected chi connectivity index (χ1v) is 9.17. The van der Waals surface area contributed by atoms with E-state index in [-0.39, 0.29) is 11.4 Å². The van der Waals surface area contributed by atoms with Gasteiger partial charge in [0, 0.05) is 22.3 Å². The largest absolute Gasteiger partial charge is 0.436 e. The number of nitrogens with zero attached hydrogens (tertiary/aromatic N) is 1. The second-order valence-corrected chi connectivity index (χ2v) is 6.88. The van der Waals surface area contributed by atoms with Crippen molar-refractivity contribution in [2.45, 2.75) is 6.92 Å². The normalized spacial score (nSPS) is 10.8. The Morgan fingerprint density at radius 3 is 2.48 bits per heavy atom. The molecule has 0 saturated heterocycles. The van der Waals surface area contributed by atoms with Gasteiger partial charge >= 0.3 is 0 Å². The number of aromatic nitrogens is 1. The average Bonchev–Trinajstić information content (AvgIpc) is 3.11. The number of hydrogen-bond donors (Lipinski definition) is 1. The highest BCUT2D eigenvalue weighted by Crippen LogP contribution is 2.26. The lowest BCUT2D eigenvalue weighted by Crippen LogP contribution is -2.07. The van der Waals surface area contributed by atoms with Crippen molar-refractivity contribution in [1.82, 2.24) is 4.98 Å². The molecule has 0 atom stereocenters. The fourth-order valence-electron chi connectivity index (χ4n) is 2.78. The number of benzene rings is 3. The summed E-state index contributed by atoms with van der Waals surface area (Å²) >= 11 is 5.85. The third kappa shape index (κ3) is 4.90. The minimum absolute atomic E-state index is 0. The topological polar surface area (TPSA) is 86.6 Å². The SMILES string of the molecule is Cc1ccc2nc(-c3ccc(NC(=O)/C=C/c4ccc(Cl)cc4)cc3)oc2c1.O. The van der Waals surface area contributed by atoms with Gasteiger partial charge in [-0.25, -0.2) is 4.98 Å². The molecular formula is C23H19ClN2O3. The Labute approximate surface area is 173 Å². The van der Waals surface area contributed by atoms with Crippen molar-refractivity contribution in [1.29, 1.82) is 0 Å². The van der Waals surface area contributed by atoms with Crippen LogP contribution in [0.1, 0.15) is 11.1 Å². The monoisotopic (exact) mass is 406 g/mol. The summed E-state index contributed by atoms with van der Waals surface area (Å²) in [4.78, 5) is 16.6. The molecule has 0 spiro atoms. The molecule has 0 radical (unpaired) electrons. The van der Waals surface area contributed by atoms with E-state index in [4.69, 9.17) is 16.0 Å². The van der Waals surface area contributed by atoms with Crippen LogP contribution in [0.15, 0.2) is 77.2 Å². The van der Waals surface area contributed by atoms with Gasteiger partial charge < -0.3 is 15.2 Å². The Balaban J connectivity index is 0.00000240. The van der Waals surface area contributed by atoms with E-state index < -0.39 is 0 Å². The number of oxazole rings is 1. The smallest absolute Gasteiger partial charge is 0.248 e. The average molecular weight is 407 g/mol. The zero-order valence-corrected chi connectivity index (χ0v) is 16.4. The van der Waals surface area contributed by atoms with Crippen LogP contribution in [0.3, 0.4) is 0 Å².